The fraction of sp³-hybridized carbons (Fsp3) is 0.556. The third-order valence-electron chi connectivity index (χ3n) is 2.28. The number of thiophene rings is 1. The van der Waals surface area contributed by atoms with E-state index in [9.17, 15) is 10.1 Å². The number of nitro groups is 1. The first-order chi connectivity index (χ1) is 6.99. The Hall–Kier alpha value is -0.650. The quantitative estimate of drug-likeness (QED) is 0.609. The Bertz CT molecular complexity index is 347. The van der Waals surface area contributed by atoms with E-state index in [-0.39, 0.29) is 4.92 Å². The molecule has 0 aliphatic heterocycles. The van der Waals surface area contributed by atoms with Crippen LogP contribution in [0.15, 0.2) is 5.38 Å². The van der Waals surface area contributed by atoms with Crippen molar-refractivity contribution < 1.29 is 9.66 Å². The van der Waals surface area contributed by atoms with Gasteiger partial charge in [0.2, 0.25) is 6.04 Å². The third-order valence-corrected chi connectivity index (χ3v) is 3.65. The van der Waals surface area contributed by atoms with Crippen molar-refractivity contribution in [2.45, 2.75) is 26.0 Å². The van der Waals surface area contributed by atoms with Crippen LogP contribution in [-0.4, -0.2) is 18.1 Å². The van der Waals surface area contributed by atoms with Gasteiger partial charge in [-0.2, -0.15) is 0 Å². The molecule has 1 rings (SSSR count). The van der Waals surface area contributed by atoms with E-state index in [1.54, 1.807) is 5.38 Å². The van der Waals surface area contributed by atoms with Gasteiger partial charge in [0.1, 0.15) is 0 Å². The lowest BCUT2D eigenvalue weighted by Gasteiger charge is -2.17. The van der Waals surface area contributed by atoms with Gasteiger partial charge in [-0.05, 0) is 6.92 Å². The van der Waals surface area contributed by atoms with Crippen molar-refractivity contribution in [1.82, 2.24) is 0 Å². The summed E-state index contributed by atoms with van der Waals surface area (Å²) in [6.45, 7) is 3.40. The van der Waals surface area contributed by atoms with Gasteiger partial charge in [-0.25, -0.2) is 0 Å². The molecular formula is C9H12ClNO3S. The van der Waals surface area contributed by atoms with Crippen LogP contribution in [0.4, 0.5) is 0 Å². The van der Waals surface area contributed by atoms with E-state index in [2.05, 4.69) is 0 Å². The van der Waals surface area contributed by atoms with Crippen LogP contribution < -0.4 is 0 Å². The number of rotatable bonds is 4. The lowest BCUT2D eigenvalue weighted by Crippen LogP contribution is -2.25. The average molecular weight is 250 g/mol. The van der Waals surface area contributed by atoms with E-state index in [1.807, 2.05) is 6.92 Å². The topological polar surface area (TPSA) is 52.4 Å². The summed E-state index contributed by atoms with van der Waals surface area (Å²) in [5, 5.41) is 13.0. The second-order valence-electron chi connectivity index (χ2n) is 3.24. The molecule has 0 aromatic carbocycles. The Labute approximate surface area is 97.0 Å². The van der Waals surface area contributed by atoms with E-state index in [4.69, 9.17) is 16.3 Å². The highest BCUT2D eigenvalue weighted by Gasteiger charge is 2.31. The van der Waals surface area contributed by atoms with Gasteiger partial charge in [0, 0.05) is 34.8 Å². The maximum atomic E-state index is 10.7. The first kappa shape index (κ1) is 12.4. The van der Waals surface area contributed by atoms with Gasteiger partial charge in [-0.1, -0.05) is 11.6 Å². The number of ether oxygens (including phenoxy) is 1. The second-order valence-corrected chi connectivity index (χ2v) is 4.73. The summed E-state index contributed by atoms with van der Waals surface area (Å²) in [5.74, 6) is 0. The summed E-state index contributed by atoms with van der Waals surface area (Å²) >= 11 is 7.44. The van der Waals surface area contributed by atoms with Crippen molar-refractivity contribution in [3.05, 3.63) is 31.0 Å². The first-order valence-electron chi connectivity index (χ1n) is 4.38. The van der Waals surface area contributed by atoms with Gasteiger partial charge in [0.05, 0.1) is 5.02 Å². The Morgan fingerprint density at radius 1 is 1.67 bits per heavy atom. The van der Waals surface area contributed by atoms with Crippen molar-refractivity contribution >= 4 is 22.9 Å². The van der Waals surface area contributed by atoms with Crippen LogP contribution in [0.2, 0.25) is 5.02 Å². The maximum Gasteiger partial charge on any atom is 0.240 e. The van der Waals surface area contributed by atoms with Crippen LogP contribution in [0, 0.1) is 17.0 Å². The van der Waals surface area contributed by atoms with E-state index < -0.39 is 12.1 Å². The van der Waals surface area contributed by atoms with Gasteiger partial charge in [-0.3, -0.25) is 10.1 Å². The molecule has 4 nitrogen and oxygen atoms in total. The van der Waals surface area contributed by atoms with Gasteiger partial charge in [0.25, 0.3) is 0 Å². The van der Waals surface area contributed by atoms with E-state index in [1.165, 1.54) is 25.4 Å². The number of nitrogens with zero attached hydrogens (tertiary/aromatic N) is 1. The molecule has 0 aliphatic carbocycles. The predicted molar refractivity (Wildman–Crippen MR) is 60.3 cm³/mol. The van der Waals surface area contributed by atoms with Crippen LogP contribution in [-0.2, 0) is 4.74 Å². The van der Waals surface area contributed by atoms with Crippen molar-refractivity contribution in [1.29, 1.82) is 0 Å². The molecule has 0 N–H and O–H groups in total. The Morgan fingerprint density at radius 2 is 2.27 bits per heavy atom. The molecule has 1 aromatic heterocycles. The van der Waals surface area contributed by atoms with Crippen molar-refractivity contribution in [2.24, 2.45) is 0 Å². The van der Waals surface area contributed by atoms with E-state index in [0.717, 1.165) is 10.4 Å². The largest absolute Gasteiger partial charge is 0.369 e. The maximum absolute atomic E-state index is 10.7. The van der Waals surface area contributed by atoms with Crippen molar-refractivity contribution in [2.75, 3.05) is 7.11 Å². The van der Waals surface area contributed by atoms with Gasteiger partial charge >= 0.3 is 0 Å². The first-order valence-corrected chi connectivity index (χ1v) is 5.64. The molecule has 1 heterocycles. The fourth-order valence-corrected chi connectivity index (χ4v) is 2.64. The van der Waals surface area contributed by atoms with Crippen LogP contribution in [0.25, 0.3) is 0 Å². The zero-order valence-electron chi connectivity index (χ0n) is 8.69. The standard InChI is InChI=1S/C9H12ClNO3S/c1-5(11(12)13)9(14-3)8-6(2)15-4-7(8)10/h4-5,9H,1-3H3. The number of hydrogen-bond donors (Lipinski definition) is 0. The predicted octanol–water partition coefficient (Wildman–Crippen LogP) is 3.06. The molecule has 2 unspecified atom stereocenters. The average Bonchev–Trinajstić information content (AvgIpc) is 2.50. The molecular weight excluding hydrogens is 238 g/mol. The number of halogens is 1. The third kappa shape index (κ3) is 2.48. The number of aryl methyl sites for hydroxylation is 1. The molecule has 84 valence electrons. The highest BCUT2D eigenvalue weighted by atomic mass is 35.5. The lowest BCUT2D eigenvalue weighted by molar-refractivity contribution is -0.531. The summed E-state index contributed by atoms with van der Waals surface area (Å²) in [6.07, 6.45) is -0.584. The Kier molecular flexibility index (Phi) is 4.07. The molecule has 15 heavy (non-hydrogen) atoms. The van der Waals surface area contributed by atoms with Gasteiger partial charge < -0.3 is 4.74 Å². The van der Waals surface area contributed by atoms with Crippen LogP contribution in [0.1, 0.15) is 23.5 Å². The highest BCUT2D eigenvalue weighted by Crippen LogP contribution is 2.35. The molecule has 0 fully saturated rings. The zero-order valence-corrected chi connectivity index (χ0v) is 10.3. The number of methoxy groups -OCH3 is 1. The molecule has 0 amide bonds. The van der Waals surface area contributed by atoms with Crippen LogP contribution in [0.5, 0.6) is 0 Å². The minimum atomic E-state index is -0.805. The summed E-state index contributed by atoms with van der Waals surface area (Å²) in [5.41, 5.74) is 0.730. The smallest absolute Gasteiger partial charge is 0.240 e. The normalized spacial score (nSPS) is 14.9. The van der Waals surface area contributed by atoms with E-state index in [0.29, 0.717) is 5.02 Å². The SMILES string of the molecule is COC(c1c(Cl)csc1C)C(C)[N+](=O)[O-]. The fourth-order valence-electron chi connectivity index (χ4n) is 1.44. The van der Waals surface area contributed by atoms with Crippen LogP contribution in [0.3, 0.4) is 0 Å². The highest BCUT2D eigenvalue weighted by molar-refractivity contribution is 7.10. The molecule has 0 saturated carbocycles. The lowest BCUT2D eigenvalue weighted by atomic mass is 10.1. The summed E-state index contributed by atoms with van der Waals surface area (Å²) in [7, 11) is 1.46. The zero-order chi connectivity index (χ0) is 11.6. The van der Waals surface area contributed by atoms with Crippen molar-refractivity contribution in [3.63, 3.8) is 0 Å². The summed E-state index contributed by atoms with van der Waals surface area (Å²) in [6, 6.07) is -0.805. The van der Waals surface area contributed by atoms with E-state index >= 15 is 0 Å². The molecule has 1 aromatic rings. The minimum absolute atomic E-state index is 0.360. The molecule has 2 atom stereocenters. The molecule has 0 radical (unpaired) electrons. The molecule has 0 bridgehead atoms. The Morgan fingerprint density at radius 3 is 2.60 bits per heavy atom. The molecule has 0 saturated heterocycles. The molecule has 0 spiro atoms. The Balaban J connectivity index is 3.07. The monoisotopic (exact) mass is 249 g/mol. The van der Waals surface area contributed by atoms with Crippen LogP contribution >= 0.6 is 22.9 Å². The summed E-state index contributed by atoms with van der Waals surface area (Å²) < 4.78 is 5.16. The molecule has 0 aliphatic rings. The molecule has 6 heteroatoms. The van der Waals surface area contributed by atoms with Crippen molar-refractivity contribution in [3.8, 4) is 0 Å². The minimum Gasteiger partial charge on any atom is -0.369 e. The number of hydrogen-bond acceptors (Lipinski definition) is 4. The van der Waals surface area contributed by atoms with Gasteiger partial charge in [0.15, 0.2) is 6.10 Å². The van der Waals surface area contributed by atoms with Gasteiger partial charge in [-0.15, -0.1) is 11.3 Å². The summed E-state index contributed by atoms with van der Waals surface area (Å²) in [4.78, 5) is 11.3. The second kappa shape index (κ2) is 4.92.